The maximum Gasteiger partial charge on any atom is 0.0713 e. The van der Waals surface area contributed by atoms with Crippen LogP contribution < -0.4 is 4.90 Å². The molecule has 0 unspecified atom stereocenters. The molecule has 0 fully saturated rings. The molecule has 0 saturated carbocycles. The van der Waals surface area contributed by atoms with Crippen molar-refractivity contribution in [1.29, 1.82) is 0 Å². The van der Waals surface area contributed by atoms with E-state index in [0.717, 1.165) is 22.7 Å². The summed E-state index contributed by atoms with van der Waals surface area (Å²) in [6.45, 7) is 0. The molecule has 11 rings (SSSR count). The van der Waals surface area contributed by atoms with Crippen molar-refractivity contribution in [2.75, 3.05) is 4.90 Å². The van der Waals surface area contributed by atoms with Crippen molar-refractivity contribution in [1.82, 2.24) is 4.57 Å². The fraction of sp³-hybridized carbons (Fsp3) is 0.0189. The second kappa shape index (κ2) is 12.5. The van der Waals surface area contributed by atoms with Crippen molar-refractivity contribution in [3.8, 4) is 16.8 Å². The zero-order valence-corrected chi connectivity index (χ0v) is 30.2. The lowest BCUT2D eigenvalue weighted by atomic mass is 9.68. The maximum absolute atomic E-state index is 2.48. The Bertz CT molecular complexity index is 2990. The molecule has 1 heterocycles. The van der Waals surface area contributed by atoms with Gasteiger partial charge in [-0.25, -0.2) is 0 Å². The number of anilines is 3. The highest BCUT2D eigenvalue weighted by atomic mass is 15.1. The van der Waals surface area contributed by atoms with Crippen molar-refractivity contribution >= 4 is 49.6 Å². The van der Waals surface area contributed by atoms with Crippen LogP contribution in [0.2, 0.25) is 0 Å². The summed E-state index contributed by atoms with van der Waals surface area (Å²) in [4.78, 5) is 2.48. The summed E-state index contributed by atoms with van der Waals surface area (Å²) in [7, 11) is 0. The van der Waals surface area contributed by atoms with Gasteiger partial charge in [0, 0.05) is 27.8 Å². The van der Waals surface area contributed by atoms with Crippen LogP contribution in [0.4, 0.5) is 17.1 Å². The third-order valence-corrected chi connectivity index (χ3v) is 11.6. The van der Waals surface area contributed by atoms with E-state index in [4.69, 9.17) is 0 Å². The monoisotopic (exact) mass is 700 g/mol. The zero-order valence-electron chi connectivity index (χ0n) is 30.2. The van der Waals surface area contributed by atoms with Crippen LogP contribution in [0.1, 0.15) is 22.3 Å². The van der Waals surface area contributed by atoms with Crippen LogP contribution in [0.3, 0.4) is 0 Å². The molecular weight excluding hydrogens is 665 g/mol. The minimum absolute atomic E-state index is 0.454. The van der Waals surface area contributed by atoms with Gasteiger partial charge in [-0.05, 0) is 98.8 Å². The highest BCUT2D eigenvalue weighted by molar-refractivity contribution is 6.16. The van der Waals surface area contributed by atoms with Gasteiger partial charge in [0.1, 0.15) is 0 Å². The predicted octanol–water partition coefficient (Wildman–Crippen LogP) is 13.8. The summed E-state index contributed by atoms with van der Waals surface area (Å²) in [6, 6.07) is 80.1. The van der Waals surface area contributed by atoms with Gasteiger partial charge < -0.3 is 9.47 Å². The summed E-state index contributed by atoms with van der Waals surface area (Å²) in [5.74, 6) is 0. The van der Waals surface area contributed by atoms with Crippen molar-refractivity contribution in [2.24, 2.45) is 0 Å². The Balaban J connectivity index is 1.22. The molecule has 0 amide bonds. The quantitative estimate of drug-likeness (QED) is 0.168. The van der Waals surface area contributed by atoms with E-state index < -0.39 is 5.41 Å². The Morgan fingerprint density at radius 3 is 1.75 bits per heavy atom. The van der Waals surface area contributed by atoms with E-state index in [1.54, 1.807) is 0 Å². The van der Waals surface area contributed by atoms with Gasteiger partial charge in [-0.3, -0.25) is 0 Å². The molecule has 0 radical (unpaired) electrons. The Kier molecular flexibility index (Phi) is 7.11. The largest absolute Gasteiger partial charge is 0.310 e. The van der Waals surface area contributed by atoms with Gasteiger partial charge in [0.25, 0.3) is 0 Å². The number of benzene rings is 9. The summed E-state index contributed by atoms with van der Waals surface area (Å²) in [6.07, 6.45) is 0. The minimum Gasteiger partial charge on any atom is -0.310 e. The fourth-order valence-electron chi connectivity index (χ4n) is 9.36. The number of aromatic nitrogens is 1. The smallest absolute Gasteiger partial charge is 0.0713 e. The lowest BCUT2D eigenvalue weighted by molar-refractivity contribution is 0.768. The second-order valence-corrected chi connectivity index (χ2v) is 14.5. The normalized spacial score (nSPS) is 12.9. The highest BCUT2D eigenvalue weighted by Gasteiger charge is 2.46. The Hall–Kier alpha value is -7.16. The first-order valence-electron chi connectivity index (χ1n) is 19.0. The van der Waals surface area contributed by atoms with Crippen LogP contribution >= 0.6 is 0 Å². The first-order valence-corrected chi connectivity index (χ1v) is 19.0. The SMILES string of the molecule is c1ccc(-n2c3ccccc3c3c(N(c4ccc5c(c4)-c4ccccc4C5(c4ccccc4)c4ccccc4)c4ccc5ccccc5c4)cccc32)cc1. The van der Waals surface area contributed by atoms with Crippen LogP contribution in [0.25, 0.3) is 49.4 Å². The topological polar surface area (TPSA) is 8.17 Å². The number of hydrogen-bond donors (Lipinski definition) is 0. The molecule has 9 aromatic carbocycles. The molecule has 0 aliphatic heterocycles. The van der Waals surface area contributed by atoms with E-state index in [0.29, 0.717) is 0 Å². The minimum atomic E-state index is -0.454. The van der Waals surface area contributed by atoms with E-state index >= 15 is 0 Å². The van der Waals surface area contributed by atoms with Crippen molar-refractivity contribution in [3.05, 3.63) is 241 Å². The number of rotatable bonds is 6. The van der Waals surface area contributed by atoms with Gasteiger partial charge in [-0.15, -0.1) is 0 Å². The lowest BCUT2D eigenvalue weighted by Crippen LogP contribution is -2.28. The zero-order chi connectivity index (χ0) is 36.3. The summed E-state index contributed by atoms with van der Waals surface area (Å²) in [5, 5.41) is 4.88. The second-order valence-electron chi connectivity index (χ2n) is 14.5. The third-order valence-electron chi connectivity index (χ3n) is 11.6. The van der Waals surface area contributed by atoms with Gasteiger partial charge in [-0.1, -0.05) is 164 Å². The first-order chi connectivity index (χ1) is 27.3. The average Bonchev–Trinajstić information content (AvgIpc) is 3.76. The Morgan fingerprint density at radius 1 is 0.382 bits per heavy atom. The van der Waals surface area contributed by atoms with Crippen LogP contribution in [0.15, 0.2) is 218 Å². The molecule has 1 aromatic heterocycles. The van der Waals surface area contributed by atoms with Crippen molar-refractivity contribution in [2.45, 2.75) is 5.41 Å². The van der Waals surface area contributed by atoms with Crippen LogP contribution in [0.5, 0.6) is 0 Å². The molecular formula is C53H36N2. The lowest BCUT2D eigenvalue weighted by Gasteiger charge is -2.34. The van der Waals surface area contributed by atoms with Gasteiger partial charge in [0.15, 0.2) is 0 Å². The number of hydrogen-bond acceptors (Lipinski definition) is 1. The molecule has 258 valence electrons. The molecule has 1 aliphatic carbocycles. The molecule has 0 N–H and O–H groups in total. The van der Waals surface area contributed by atoms with Gasteiger partial charge in [-0.2, -0.15) is 0 Å². The number of para-hydroxylation sites is 2. The van der Waals surface area contributed by atoms with E-state index in [9.17, 15) is 0 Å². The highest BCUT2D eigenvalue weighted by Crippen LogP contribution is 2.57. The van der Waals surface area contributed by atoms with Crippen molar-refractivity contribution < 1.29 is 0 Å². The van der Waals surface area contributed by atoms with Crippen LogP contribution in [-0.2, 0) is 5.41 Å². The molecule has 0 spiro atoms. The Morgan fingerprint density at radius 2 is 0.964 bits per heavy atom. The third kappa shape index (κ3) is 4.68. The molecule has 0 atom stereocenters. The van der Waals surface area contributed by atoms with Gasteiger partial charge in [0.2, 0.25) is 0 Å². The molecule has 55 heavy (non-hydrogen) atoms. The van der Waals surface area contributed by atoms with E-state index in [1.807, 2.05) is 0 Å². The first kappa shape index (κ1) is 31.4. The molecule has 0 bridgehead atoms. The average molecular weight is 701 g/mol. The fourth-order valence-corrected chi connectivity index (χ4v) is 9.36. The van der Waals surface area contributed by atoms with Crippen molar-refractivity contribution in [3.63, 3.8) is 0 Å². The predicted molar refractivity (Wildman–Crippen MR) is 230 cm³/mol. The molecule has 2 nitrogen and oxygen atoms in total. The van der Waals surface area contributed by atoms with E-state index in [2.05, 4.69) is 228 Å². The molecule has 10 aromatic rings. The number of fused-ring (bicyclic) bond motifs is 7. The molecule has 1 aliphatic rings. The number of nitrogens with zero attached hydrogens (tertiary/aromatic N) is 2. The van der Waals surface area contributed by atoms with Gasteiger partial charge in [0.05, 0.1) is 22.1 Å². The summed E-state index contributed by atoms with van der Waals surface area (Å²) in [5.41, 5.74) is 14.1. The van der Waals surface area contributed by atoms with Gasteiger partial charge >= 0.3 is 0 Å². The summed E-state index contributed by atoms with van der Waals surface area (Å²) < 4.78 is 2.40. The maximum atomic E-state index is 2.48. The van der Waals surface area contributed by atoms with E-state index in [-0.39, 0.29) is 0 Å². The van der Waals surface area contributed by atoms with Crippen LogP contribution in [0, 0.1) is 0 Å². The Labute approximate surface area is 320 Å². The summed E-state index contributed by atoms with van der Waals surface area (Å²) >= 11 is 0. The molecule has 2 heteroatoms. The standard InChI is InChI=1S/C53H36N2/c1-4-19-39(20-5-1)53(40-21-6-2-7-22-40)47-27-14-12-25-44(47)46-36-43(33-34-48(46)53)54(42-32-31-37-17-10-11-18-38(37)35-42)50-29-16-30-51-52(50)45-26-13-15-28-49(45)55(51)41-23-8-3-9-24-41/h1-36H. The van der Waals surface area contributed by atoms with E-state index in [1.165, 1.54) is 66.0 Å². The molecule has 0 saturated heterocycles. The van der Waals surface area contributed by atoms with Crippen LogP contribution in [-0.4, -0.2) is 4.57 Å².